The highest BCUT2D eigenvalue weighted by Crippen LogP contribution is 2.24. The van der Waals surface area contributed by atoms with Crippen LogP contribution in [0.5, 0.6) is 0 Å². The average molecular weight is 293 g/mol. The lowest BCUT2D eigenvalue weighted by Gasteiger charge is -2.16. The van der Waals surface area contributed by atoms with Crippen LogP contribution in [0.1, 0.15) is 6.92 Å². The van der Waals surface area contributed by atoms with Crippen molar-refractivity contribution in [2.45, 2.75) is 23.8 Å². The van der Waals surface area contributed by atoms with E-state index in [-0.39, 0.29) is 16.3 Å². The highest BCUT2D eigenvalue weighted by molar-refractivity contribution is 9.09. The molecule has 0 spiro atoms. The molecule has 1 aliphatic heterocycles. The second-order valence-corrected chi connectivity index (χ2v) is 6.84. The summed E-state index contributed by atoms with van der Waals surface area (Å²) in [6.07, 6.45) is -0.661. The molecule has 1 heterocycles. The number of alkyl halides is 3. The topological polar surface area (TPSA) is 43.4 Å². The van der Waals surface area contributed by atoms with Gasteiger partial charge in [-0.25, -0.2) is 17.2 Å². The van der Waals surface area contributed by atoms with Gasteiger partial charge in [0.25, 0.3) is 5.92 Å². The molecule has 0 N–H and O–H groups in total. The van der Waals surface area contributed by atoms with E-state index in [2.05, 4.69) is 15.9 Å². The summed E-state index contributed by atoms with van der Waals surface area (Å²) in [4.78, 5) is -0.380. The molecule has 1 saturated heterocycles. The van der Waals surface area contributed by atoms with Crippen LogP contribution >= 0.6 is 15.9 Å². The fourth-order valence-corrected chi connectivity index (χ4v) is 4.64. The van der Waals surface area contributed by atoms with E-state index in [1.54, 1.807) is 0 Å². The first-order chi connectivity index (χ1) is 6.20. The summed E-state index contributed by atoms with van der Waals surface area (Å²) < 4.78 is 51.8. The zero-order valence-corrected chi connectivity index (χ0v) is 9.95. The molecule has 14 heavy (non-hydrogen) atoms. The average Bonchev–Trinajstić information content (AvgIpc) is 2.19. The van der Waals surface area contributed by atoms with E-state index >= 15 is 0 Å². The van der Waals surface area contributed by atoms with Crippen molar-refractivity contribution in [3.63, 3.8) is 0 Å². The molecule has 7 heteroatoms. The first-order valence-electron chi connectivity index (χ1n) is 4.03. The quantitative estimate of drug-likeness (QED) is 0.735. The van der Waals surface area contributed by atoms with Gasteiger partial charge in [0.1, 0.15) is 6.61 Å². The molecule has 0 aliphatic carbocycles. The van der Waals surface area contributed by atoms with Crippen LogP contribution in [-0.4, -0.2) is 43.4 Å². The number of rotatable bonds is 3. The number of sulfone groups is 1. The Morgan fingerprint density at radius 3 is 2.43 bits per heavy atom. The molecule has 2 unspecified atom stereocenters. The van der Waals surface area contributed by atoms with Gasteiger partial charge in [0.2, 0.25) is 0 Å². The molecule has 84 valence electrons. The third-order valence-corrected chi connectivity index (χ3v) is 4.83. The Morgan fingerprint density at radius 1 is 1.50 bits per heavy atom. The fourth-order valence-electron chi connectivity index (χ4n) is 1.18. The molecule has 3 nitrogen and oxygen atoms in total. The van der Waals surface area contributed by atoms with Crippen molar-refractivity contribution >= 4 is 25.8 Å². The minimum atomic E-state index is -3.13. The summed E-state index contributed by atoms with van der Waals surface area (Å²) in [5.74, 6) is -3.15. The van der Waals surface area contributed by atoms with Crippen molar-refractivity contribution in [3.05, 3.63) is 0 Å². The second-order valence-electron chi connectivity index (χ2n) is 3.51. The Bertz CT molecular complexity index is 299. The molecule has 1 fully saturated rings. The standard InChI is InChI=1S/C7H11BrF2O3S/c1-7(9,10)4-13-6-3-14(11,12)2-5(6)8/h5-6H,2-4H2,1H3. The van der Waals surface area contributed by atoms with Crippen molar-refractivity contribution < 1.29 is 21.9 Å². The summed E-state index contributed by atoms with van der Waals surface area (Å²) in [6, 6.07) is 0. The van der Waals surface area contributed by atoms with Crippen molar-refractivity contribution in [2.24, 2.45) is 0 Å². The van der Waals surface area contributed by atoms with Gasteiger partial charge in [-0.05, 0) is 0 Å². The SMILES string of the molecule is CC(F)(F)COC1CS(=O)(=O)CC1Br. The molecule has 1 rings (SSSR count). The summed E-state index contributed by atoms with van der Waals surface area (Å²) in [7, 11) is -3.13. The molecule has 0 amide bonds. The molecule has 0 aromatic carbocycles. The third kappa shape index (κ3) is 3.78. The maximum absolute atomic E-state index is 12.4. The first kappa shape index (κ1) is 12.3. The van der Waals surface area contributed by atoms with Crippen LogP contribution in [0, 0.1) is 0 Å². The molecule has 0 bridgehead atoms. The van der Waals surface area contributed by atoms with Crippen LogP contribution in [0.2, 0.25) is 0 Å². The molecular formula is C7H11BrF2O3S. The van der Waals surface area contributed by atoms with Gasteiger partial charge >= 0.3 is 0 Å². The lowest BCUT2D eigenvalue weighted by Crippen LogP contribution is -2.29. The largest absolute Gasteiger partial charge is 0.370 e. The predicted molar refractivity (Wildman–Crippen MR) is 51.7 cm³/mol. The third-order valence-electron chi connectivity index (χ3n) is 1.79. The normalized spacial score (nSPS) is 32.0. The van der Waals surface area contributed by atoms with Crippen LogP contribution in [0.4, 0.5) is 8.78 Å². The van der Waals surface area contributed by atoms with Gasteiger partial charge in [0.15, 0.2) is 9.84 Å². The minimum Gasteiger partial charge on any atom is -0.370 e. The van der Waals surface area contributed by atoms with E-state index in [4.69, 9.17) is 4.74 Å². The van der Waals surface area contributed by atoms with Gasteiger partial charge in [0.05, 0.1) is 22.4 Å². The maximum Gasteiger partial charge on any atom is 0.268 e. The van der Waals surface area contributed by atoms with Crippen LogP contribution in [0.3, 0.4) is 0 Å². The molecule has 0 radical (unpaired) electrons. The monoisotopic (exact) mass is 292 g/mol. The number of ether oxygens (including phenoxy) is 1. The first-order valence-corrected chi connectivity index (χ1v) is 6.77. The summed E-state index contributed by atoms with van der Waals surface area (Å²) in [5.41, 5.74) is 0. The maximum atomic E-state index is 12.4. The zero-order chi connectivity index (χ0) is 11.0. The smallest absolute Gasteiger partial charge is 0.268 e. The molecule has 0 saturated carbocycles. The molecular weight excluding hydrogens is 282 g/mol. The lowest BCUT2D eigenvalue weighted by atomic mass is 10.3. The molecule has 0 aromatic rings. The Hall–Kier alpha value is 0.250. The van der Waals surface area contributed by atoms with E-state index in [9.17, 15) is 17.2 Å². The van der Waals surface area contributed by atoms with E-state index in [0.717, 1.165) is 6.92 Å². The van der Waals surface area contributed by atoms with Gasteiger partial charge in [-0.2, -0.15) is 0 Å². The summed E-state index contributed by atoms with van der Waals surface area (Å²) >= 11 is 3.10. The molecule has 2 atom stereocenters. The van der Waals surface area contributed by atoms with Crippen LogP contribution in [0.15, 0.2) is 0 Å². The summed E-state index contributed by atoms with van der Waals surface area (Å²) in [5, 5.41) is 0. The van der Waals surface area contributed by atoms with Gasteiger partial charge in [-0.1, -0.05) is 15.9 Å². The van der Waals surface area contributed by atoms with E-state index in [1.165, 1.54) is 0 Å². The zero-order valence-electron chi connectivity index (χ0n) is 7.54. The van der Waals surface area contributed by atoms with Crippen LogP contribution in [-0.2, 0) is 14.6 Å². The van der Waals surface area contributed by atoms with Crippen molar-refractivity contribution in [1.82, 2.24) is 0 Å². The molecule has 1 aliphatic rings. The van der Waals surface area contributed by atoms with Gasteiger partial charge < -0.3 is 4.74 Å². The second kappa shape index (κ2) is 4.02. The number of hydrogen-bond donors (Lipinski definition) is 0. The Balaban J connectivity index is 2.48. The van der Waals surface area contributed by atoms with E-state index in [0.29, 0.717) is 0 Å². The van der Waals surface area contributed by atoms with Crippen LogP contribution < -0.4 is 0 Å². The van der Waals surface area contributed by atoms with Crippen molar-refractivity contribution in [1.29, 1.82) is 0 Å². The predicted octanol–water partition coefficient (Wildman–Crippen LogP) is 1.22. The fraction of sp³-hybridized carbons (Fsp3) is 1.00. The highest BCUT2D eigenvalue weighted by atomic mass is 79.9. The van der Waals surface area contributed by atoms with Crippen LogP contribution in [0.25, 0.3) is 0 Å². The Kier molecular flexibility index (Phi) is 3.53. The van der Waals surface area contributed by atoms with Gasteiger partial charge in [-0.3, -0.25) is 0 Å². The van der Waals surface area contributed by atoms with Crippen molar-refractivity contribution in [3.8, 4) is 0 Å². The van der Waals surface area contributed by atoms with Gasteiger partial charge in [-0.15, -0.1) is 0 Å². The van der Waals surface area contributed by atoms with E-state index < -0.39 is 28.5 Å². The highest BCUT2D eigenvalue weighted by Gasteiger charge is 2.38. The lowest BCUT2D eigenvalue weighted by molar-refractivity contribution is -0.0798. The Labute approximate surface area is 89.9 Å². The van der Waals surface area contributed by atoms with Gasteiger partial charge in [0, 0.05) is 6.92 Å². The number of halogens is 3. The number of hydrogen-bond acceptors (Lipinski definition) is 3. The summed E-state index contributed by atoms with van der Waals surface area (Å²) in [6.45, 7) is -0.00498. The molecule has 0 aromatic heterocycles. The minimum absolute atomic E-state index is 0.0487. The van der Waals surface area contributed by atoms with Crippen molar-refractivity contribution in [2.75, 3.05) is 18.1 Å². The van der Waals surface area contributed by atoms with E-state index in [1.807, 2.05) is 0 Å². The Morgan fingerprint density at radius 2 is 2.07 bits per heavy atom.